The van der Waals surface area contributed by atoms with Gasteiger partial charge in [0, 0.05) is 0 Å². The molecule has 0 saturated carbocycles. The van der Waals surface area contributed by atoms with Gasteiger partial charge in [-0.05, 0) is 41.8 Å². The smallest absolute Gasteiger partial charge is 0.261 e. The summed E-state index contributed by atoms with van der Waals surface area (Å²) in [5.74, 6) is 0. The Morgan fingerprint density at radius 3 is 1.77 bits per heavy atom. The van der Waals surface area contributed by atoms with Crippen LogP contribution in [-0.2, 0) is 13.9 Å². The van der Waals surface area contributed by atoms with E-state index in [9.17, 15) is 0 Å². The number of hydrogen-bond donors (Lipinski definition) is 0. The summed E-state index contributed by atoms with van der Waals surface area (Å²) >= 11 is 0. The molecule has 2 atom stereocenters. The lowest BCUT2D eigenvalue weighted by Crippen LogP contribution is -2.67. The first-order chi connectivity index (χ1) is 14.7. The molecule has 0 N–H and O–H groups in total. The zero-order valence-corrected chi connectivity index (χ0v) is 20.7. The van der Waals surface area contributed by atoms with E-state index in [1.807, 2.05) is 19.9 Å². The molecule has 3 nitrogen and oxygen atoms in total. The molecule has 168 valence electrons. The number of ether oxygens (including phenoxy) is 2. The van der Waals surface area contributed by atoms with Gasteiger partial charge in [-0.2, -0.15) is 0 Å². The molecule has 2 rings (SSSR count). The van der Waals surface area contributed by atoms with Crippen LogP contribution < -0.4 is 10.4 Å². The molecule has 0 heterocycles. The van der Waals surface area contributed by atoms with Crippen LogP contribution in [0.15, 0.2) is 86.0 Å². The van der Waals surface area contributed by atoms with Crippen molar-refractivity contribution in [2.45, 2.75) is 64.6 Å². The van der Waals surface area contributed by atoms with E-state index in [-0.39, 0.29) is 17.2 Å². The maximum atomic E-state index is 7.01. The summed E-state index contributed by atoms with van der Waals surface area (Å²) < 4.78 is 19.1. The average molecular weight is 439 g/mol. The maximum absolute atomic E-state index is 7.01. The Labute approximate surface area is 189 Å². The van der Waals surface area contributed by atoms with Crippen molar-refractivity contribution >= 4 is 18.7 Å². The van der Waals surface area contributed by atoms with Gasteiger partial charge in [-0.15, -0.1) is 6.58 Å². The highest BCUT2D eigenvalue weighted by atomic mass is 28.4. The Hall–Kier alpha value is -1.98. The molecule has 0 aliphatic carbocycles. The van der Waals surface area contributed by atoms with E-state index in [1.54, 1.807) is 6.08 Å². The third-order valence-corrected chi connectivity index (χ3v) is 10.3. The molecule has 2 aromatic carbocycles. The van der Waals surface area contributed by atoms with Crippen molar-refractivity contribution in [2.24, 2.45) is 0 Å². The minimum absolute atomic E-state index is 0.0463. The Morgan fingerprint density at radius 2 is 1.39 bits per heavy atom. The SMILES string of the molecule is C=CC[C@@H](CO[Si](c1ccccc1)(c1ccccc1)C(C)(C)C)OC(C=C)OC(C)C. The Morgan fingerprint density at radius 1 is 0.871 bits per heavy atom. The molecule has 0 amide bonds. The van der Waals surface area contributed by atoms with E-state index in [0.717, 1.165) is 0 Å². The maximum Gasteiger partial charge on any atom is 0.261 e. The molecular formula is C27H38O3Si. The van der Waals surface area contributed by atoms with Gasteiger partial charge in [0.15, 0.2) is 6.29 Å². The lowest BCUT2D eigenvalue weighted by atomic mass is 10.2. The highest BCUT2D eigenvalue weighted by molar-refractivity contribution is 6.99. The predicted octanol–water partition coefficient (Wildman–Crippen LogP) is 5.46. The summed E-state index contributed by atoms with van der Waals surface area (Å²) in [5.41, 5.74) is 0. The van der Waals surface area contributed by atoms with Gasteiger partial charge in [0.2, 0.25) is 0 Å². The fourth-order valence-corrected chi connectivity index (χ4v) is 8.52. The lowest BCUT2D eigenvalue weighted by Gasteiger charge is -2.43. The summed E-state index contributed by atoms with van der Waals surface area (Å²) in [6.45, 7) is 19.0. The van der Waals surface area contributed by atoms with E-state index in [2.05, 4.69) is 94.6 Å². The lowest BCUT2D eigenvalue weighted by molar-refractivity contribution is -0.166. The van der Waals surface area contributed by atoms with Crippen LogP contribution in [0.1, 0.15) is 41.0 Å². The van der Waals surface area contributed by atoms with Crippen molar-refractivity contribution in [1.82, 2.24) is 0 Å². The topological polar surface area (TPSA) is 27.7 Å². The van der Waals surface area contributed by atoms with Crippen LogP contribution in [0.2, 0.25) is 5.04 Å². The molecule has 31 heavy (non-hydrogen) atoms. The molecule has 0 aliphatic heterocycles. The fraction of sp³-hybridized carbons (Fsp3) is 0.407. The fourth-order valence-electron chi connectivity index (χ4n) is 3.93. The minimum Gasteiger partial charge on any atom is -0.405 e. The molecule has 2 aromatic rings. The van der Waals surface area contributed by atoms with Gasteiger partial charge < -0.3 is 13.9 Å². The molecule has 4 heteroatoms. The number of benzene rings is 2. The van der Waals surface area contributed by atoms with E-state index in [1.165, 1.54) is 10.4 Å². The molecule has 0 radical (unpaired) electrons. The summed E-state index contributed by atoms with van der Waals surface area (Å²) in [4.78, 5) is 0. The highest BCUT2D eigenvalue weighted by Gasteiger charge is 2.50. The van der Waals surface area contributed by atoms with Gasteiger partial charge in [0.25, 0.3) is 8.32 Å². The molecule has 0 bridgehead atoms. The minimum atomic E-state index is -2.62. The molecular weight excluding hydrogens is 400 g/mol. The molecule has 0 aliphatic rings. The van der Waals surface area contributed by atoms with E-state index >= 15 is 0 Å². The molecule has 0 spiro atoms. The summed E-state index contributed by atoms with van der Waals surface area (Å²) in [6.07, 6.45) is 3.62. The molecule has 0 fully saturated rings. The van der Waals surface area contributed by atoms with Gasteiger partial charge in [-0.3, -0.25) is 0 Å². The first kappa shape index (κ1) is 25.3. The van der Waals surface area contributed by atoms with Crippen molar-refractivity contribution in [3.63, 3.8) is 0 Å². The van der Waals surface area contributed by atoms with Crippen LogP contribution >= 0.6 is 0 Å². The quantitative estimate of drug-likeness (QED) is 0.250. The number of hydrogen-bond acceptors (Lipinski definition) is 3. The second-order valence-electron chi connectivity index (χ2n) is 9.05. The summed E-state index contributed by atoms with van der Waals surface area (Å²) in [6, 6.07) is 21.3. The van der Waals surface area contributed by atoms with E-state index < -0.39 is 14.6 Å². The predicted molar refractivity (Wildman–Crippen MR) is 133 cm³/mol. The van der Waals surface area contributed by atoms with E-state index in [4.69, 9.17) is 13.9 Å². The molecule has 0 saturated heterocycles. The van der Waals surface area contributed by atoms with Gasteiger partial charge >= 0.3 is 0 Å². The highest BCUT2D eigenvalue weighted by Crippen LogP contribution is 2.37. The van der Waals surface area contributed by atoms with Crippen LogP contribution in [0.3, 0.4) is 0 Å². The van der Waals surface area contributed by atoms with Gasteiger partial charge in [0.05, 0.1) is 18.8 Å². The van der Waals surface area contributed by atoms with Crippen molar-refractivity contribution in [3.05, 3.63) is 86.0 Å². The normalized spacial score (nSPS) is 14.3. The van der Waals surface area contributed by atoms with Crippen molar-refractivity contribution in [3.8, 4) is 0 Å². The summed E-state index contributed by atoms with van der Waals surface area (Å²) in [7, 11) is -2.62. The first-order valence-corrected chi connectivity index (χ1v) is 12.9. The largest absolute Gasteiger partial charge is 0.405 e. The van der Waals surface area contributed by atoms with Crippen molar-refractivity contribution in [2.75, 3.05) is 6.61 Å². The van der Waals surface area contributed by atoms with Crippen molar-refractivity contribution in [1.29, 1.82) is 0 Å². The monoisotopic (exact) mass is 438 g/mol. The Kier molecular flexibility index (Phi) is 9.45. The zero-order chi connectivity index (χ0) is 22.9. The summed E-state index contributed by atoms with van der Waals surface area (Å²) in [5, 5.41) is 2.43. The second kappa shape index (κ2) is 11.6. The molecule has 0 aromatic heterocycles. The van der Waals surface area contributed by atoms with E-state index in [0.29, 0.717) is 13.0 Å². The average Bonchev–Trinajstić information content (AvgIpc) is 2.74. The van der Waals surface area contributed by atoms with Crippen LogP contribution in [0.25, 0.3) is 0 Å². The Balaban J connectivity index is 2.42. The standard InChI is InChI=1S/C27H38O3Si/c1-8-16-23(30-26(9-2)29-22(3)4)21-28-31(27(5,6)7,24-17-12-10-13-18-24)25-19-14-11-15-20-25/h8-15,17-20,22-23,26H,1-2,16,21H2,3-7H3/t23-,26?/m0/s1. The first-order valence-electron chi connectivity index (χ1n) is 11.0. The molecule has 1 unspecified atom stereocenters. The van der Waals surface area contributed by atoms with Crippen LogP contribution in [0, 0.1) is 0 Å². The van der Waals surface area contributed by atoms with Gasteiger partial charge in [-0.1, -0.05) is 94.1 Å². The van der Waals surface area contributed by atoms with Crippen LogP contribution in [0.5, 0.6) is 0 Å². The van der Waals surface area contributed by atoms with Crippen LogP contribution in [-0.4, -0.2) is 33.4 Å². The second-order valence-corrected chi connectivity index (χ2v) is 13.4. The third-order valence-electron chi connectivity index (χ3n) is 5.26. The van der Waals surface area contributed by atoms with Gasteiger partial charge in [0.1, 0.15) is 0 Å². The third kappa shape index (κ3) is 6.50. The number of rotatable bonds is 12. The zero-order valence-electron chi connectivity index (χ0n) is 19.7. The van der Waals surface area contributed by atoms with Crippen molar-refractivity contribution < 1.29 is 13.9 Å². The van der Waals surface area contributed by atoms with Gasteiger partial charge in [-0.25, -0.2) is 0 Å². The van der Waals surface area contributed by atoms with Crippen LogP contribution in [0.4, 0.5) is 0 Å². The Bertz CT molecular complexity index is 757.